The third kappa shape index (κ3) is 3.21. The summed E-state index contributed by atoms with van der Waals surface area (Å²) >= 11 is 0. The van der Waals surface area contributed by atoms with E-state index in [-0.39, 0.29) is 31.6 Å². The third-order valence-corrected chi connectivity index (χ3v) is 7.07. The second kappa shape index (κ2) is 7.87. The van der Waals surface area contributed by atoms with Crippen LogP contribution in [0.25, 0.3) is 0 Å². The molecule has 2 aliphatic rings. The van der Waals surface area contributed by atoms with Crippen molar-refractivity contribution in [3.8, 4) is 0 Å². The minimum atomic E-state index is -3.81. The standard InChI is InChI=1S/C20H33F3O2/c1-3-5-7-12-16-13-14-18(4-2,15-10-8-6-9-11-15)19(21,17(24)25)20(16,22)23/h15-16H,3-14H2,1-2H3,(H,24,25)/t16-,18?,19+/m0/s1. The second-order valence-corrected chi connectivity index (χ2v) is 8.16. The molecule has 2 nitrogen and oxygen atoms in total. The monoisotopic (exact) mass is 362 g/mol. The van der Waals surface area contributed by atoms with Gasteiger partial charge in [-0.25, -0.2) is 18.0 Å². The van der Waals surface area contributed by atoms with Crippen LogP contribution in [0.5, 0.6) is 0 Å². The number of carbonyl (C=O) groups is 1. The van der Waals surface area contributed by atoms with Crippen LogP contribution in [-0.4, -0.2) is 22.7 Å². The summed E-state index contributed by atoms with van der Waals surface area (Å²) in [6.07, 6.45) is 7.34. The van der Waals surface area contributed by atoms with E-state index in [9.17, 15) is 9.90 Å². The molecule has 0 saturated heterocycles. The lowest BCUT2D eigenvalue weighted by Gasteiger charge is -2.56. The summed E-state index contributed by atoms with van der Waals surface area (Å²) in [5, 5.41) is 9.66. The molecule has 2 saturated carbocycles. The van der Waals surface area contributed by atoms with E-state index in [1.165, 1.54) is 0 Å². The molecule has 2 aliphatic carbocycles. The highest BCUT2D eigenvalue weighted by atomic mass is 19.3. The van der Waals surface area contributed by atoms with Gasteiger partial charge in [0.1, 0.15) is 0 Å². The lowest BCUT2D eigenvalue weighted by atomic mass is 9.50. The summed E-state index contributed by atoms with van der Waals surface area (Å²) in [5.41, 5.74) is -4.89. The minimum Gasteiger partial charge on any atom is -0.479 e. The van der Waals surface area contributed by atoms with Crippen LogP contribution in [0.4, 0.5) is 13.2 Å². The molecule has 3 atom stereocenters. The Morgan fingerprint density at radius 1 is 1.04 bits per heavy atom. The molecule has 0 heterocycles. The van der Waals surface area contributed by atoms with E-state index in [4.69, 9.17) is 0 Å². The van der Waals surface area contributed by atoms with Crippen molar-refractivity contribution in [2.45, 2.75) is 102 Å². The molecule has 25 heavy (non-hydrogen) atoms. The first-order chi connectivity index (χ1) is 11.8. The van der Waals surface area contributed by atoms with Crippen LogP contribution in [-0.2, 0) is 4.79 Å². The summed E-state index contributed by atoms with van der Waals surface area (Å²) in [6, 6.07) is 0. The van der Waals surface area contributed by atoms with Crippen LogP contribution in [0.15, 0.2) is 0 Å². The summed E-state index contributed by atoms with van der Waals surface area (Å²) in [4.78, 5) is 11.9. The smallest absolute Gasteiger partial charge is 0.348 e. The molecule has 2 fully saturated rings. The number of rotatable bonds is 7. The number of hydrogen-bond donors (Lipinski definition) is 1. The van der Waals surface area contributed by atoms with Gasteiger partial charge in [0.25, 0.3) is 11.6 Å². The van der Waals surface area contributed by atoms with Gasteiger partial charge in [0.15, 0.2) is 0 Å². The van der Waals surface area contributed by atoms with E-state index < -0.39 is 28.9 Å². The Bertz CT molecular complexity index is 462. The van der Waals surface area contributed by atoms with Crippen molar-refractivity contribution in [2.24, 2.45) is 17.3 Å². The van der Waals surface area contributed by atoms with Crippen LogP contribution in [0.1, 0.15) is 90.9 Å². The quantitative estimate of drug-likeness (QED) is 0.533. The first kappa shape index (κ1) is 20.6. The Labute approximate surface area is 149 Å². The number of aliphatic carboxylic acids is 1. The van der Waals surface area contributed by atoms with E-state index >= 15 is 13.2 Å². The normalized spacial score (nSPS) is 36.3. The third-order valence-electron chi connectivity index (χ3n) is 7.07. The zero-order valence-corrected chi connectivity index (χ0v) is 15.6. The molecule has 1 N–H and O–H groups in total. The highest BCUT2D eigenvalue weighted by molar-refractivity contribution is 5.80. The van der Waals surface area contributed by atoms with E-state index in [2.05, 4.69) is 0 Å². The molecule has 0 aromatic carbocycles. The van der Waals surface area contributed by atoms with Crippen LogP contribution >= 0.6 is 0 Å². The zero-order valence-electron chi connectivity index (χ0n) is 15.6. The van der Waals surface area contributed by atoms with Gasteiger partial charge in [0.05, 0.1) is 0 Å². The maximum Gasteiger partial charge on any atom is 0.348 e. The molecular formula is C20H33F3O2. The van der Waals surface area contributed by atoms with Crippen molar-refractivity contribution in [1.29, 1.82) is 0 Å². The first-order valence-electron chi connectivity index (χ1n) is 10.1. The van der Waals surface area contributed by atoms with E-state index in [1.807, 2.05) is 6.92 Å². The van der Waals surface area contributed by atoms with Gasteiger partial charge in [-0.3, -0.25) is 0 Å². The van der Waals surface area contributed by atoms with Gasteiger partial charge < -0.3 is 5.11 Å². The zero-order chi connectivity index (χ0) is 18.7. The average molecular weight is 362 g/mol. The summed E-state index contributed by atoms with van der Waals surface area (Å²) < 4.78 is 46.5. The molecular weight excluding hydrogens is 329 g/mol. The Morgan fingerprint density at radius 2 is 1.68 bits per heavy atom. The Kier molecular flexibility index (Phi) is 6.48. The molecule has 0 radical (unpaired) electrons. The van der Waals surface area contributed by atoms with Gasteiger partial charge in [-0.15, -0.1) is 0 Å². The molecule has 2 rings (SSSR count). The molecule has 0 amide bonds. The van der Waals surface area contributed by atoms with Crippen molar-refractivity contribution in [3.63, 3.8) is 0 Å². The van der Waals surface area contributed by atoms with Crippen LogP contribution < -0.4 is 0 Å². The number of hydrogen-bond acceptors (Lipinski definition) is 1. The molecule has 0 aliphatic heterocycles. The Morgan fingerprint density at radius 3 is 2.20 bits per heavy atom. The SMILES string of the molecule is CCCCC[C@H]1CCC(CC)(C2CCCCC2)[C@](F)(C(=O)O)C1(F)F. The topological polar surface area (TPSA) is 37.3 Å². The fourth-order valence-electron chi connectivity index (χ4n) is 5.57. The van der Waals surface area contributed by atoms with Crippen molar-refractivity contribution in [1.82, 2.24) is 0 Å². The lowest BCUT2D eigenvalue weighted by Crippen LogP contribution is -2.69. The number of carboxylic acids is 1. The van der Waals surface area contributed by atoms with Crippen molar-refractivity contribution >= 4 is 5.97 Å². The van der Waals surface area contributed by atoms with Gasteiger partial charge in [0.2, 0.25) is 0 Å². The highest BCUT2D eigenvalue weighted by Gasteiger charge is 2.76. The van der Waals surface area contributed by atoms with Crippen LogP contribution in [0, 0.1) is 17.3 Å². The minimum absolute atomic E-state index is 0.164. The van der Waals surface area contributed by atoms with Gasteiger partial charge in [-0.1, -0.05) is 52.4 Å². The van der Waals surface area contributed by atoms with E-state index in [0.717, 1.165) is 32.1 Å². The second-order valence-electron chi connectivity index (χ2n) is 8.16. The summed E-state index contributed by atoms with van der Waals surface area (Å²) in [6.45, 7) is 3.68. The molecule has 0 bridgehead atoms. The van der Waals surface area contributed by atoms with E-state index in [0.29, 0.717) is 19.3 Å². The van der Waals surface area contributed by atoms with E-state index in [1.54, 1.807) is 6.92 Å². The predicted molar refractivity (Wildman–Crippen MR) is 92.6 cm³/mol. The van der Waals surface area contributed by atoms with Gasteiger partial charge in [0, 0.05) is 11.3 Å². The first-order valence-corrected chi connectivity index (χ1v) is 10.1. The molecule has 0 aromatic heterocycles. The molecule has 0 aromatic rings. The van der Waals surface area contributed by atoms with Crippen LogP contribution in [0.2, 0.25) is 0 Å². The maximum absolute atomic E-state index is 16.0. The number of alkyl halides is 3. The average Bonchev–Trinajstić information content (AvgIpc) is 2.60. The van der Waals surface area contributed by atoms with Crippen molar-refractivity contribution < 1.29 is 23.1 Å². The van der Waals surface area contributed by atoms with Crippen molar-refractivity contribution in [3.05, 3.63) is 0 Å². The predicted octanol–water partition coefficient (Wildman–Crippen LogP) is 6.38. The molecule has 5 heteroatoms. The highest BCUT2D eigenvalue weighted by Crippen LogP contribution is 2.64. The number of carboxylic acid groups (broad SMARTS) is 1. The van der Waals surface area contributed by atoms with Gasteiger partial charge in [-0.05, 0) is 44.4 Å². The van der Waals surface area contributed by atoms with Gasteiger partial charge >= 0.3 is 5.97 Å². The summed E-state index contributed by atoms with van der Waals surface area (Å²) in [5.74, 6) is -7.18. The van der Waals surface area contributed by atoms with Crippen molar-refractivity contribution in [2.75, 3.05) is 0 Å². The number of halogens is 3. The number of unbranched alkanes of at least 4 members (excludes halogenated alkanes) is 2. The fourth-order valence-corrected chi connectivity index (χ4v) is 5.57. The lowest BCUT2D eigenvalue weighted by molar-refractivity contribution is -0.268. The Balaban J connectivity index is 2.39. The Hall–Kier alpha value is -0.740. The largest absolute Gasteiger partial charge is 0.479 e. The van der Waals surface area contributed by atoms with Gasteiger partial charge in [-0.2, -0.15) is 0 Å². The maximum atomic E-state index is 16.0. The van der Waals surface area contributed by atoms with Crippen LogP contribution in [0.3, 0.4) is 0 Å². The molecule has 146 valence electrons. The fraction of sp³-hybridized carbons (Fsp3) is 0.950. The molecule has 1 unspecified atom stereocenters. The summed E-state index contributed by atoms with van der Waals surface area (Å²) in [7, 11) is 0. The molecule has 0 spiro atoms.